The van der Waals surface area contributed by atoms with Gasteiger partial charge in [0.2, 0.25) is 0 Å². The van der Waals surface area contributed by atoms with Gasteiger partial charge in [0.25, 0.3) is 0 Å². The van der Waals surface area contributed by atoms with Crippen molar-refractivity contribution >= 4 is 23.2 Å². The Kier molecular flexibility index (Phi) is 8.71. The van der Waals surface area contributed by atoms with Crippen LogP contribution in [-0.4, -0.2) is 23.5 Å². The van der Waals surface area contributed by atoms with E-state index in [2.05, 4.69) is 74.2 Å². The lowest BCUT2D eigenvalue weighted by molar-refractivity contribution is 0.158. The summed E-state index contributed by atoms with van der Waals surface area (Å²) in [6.07, 6.45) is 12.6. The molecule has 2 fully saturated rings. The van der Waals surface area contributed by atoms with Crippen molar-refractivity contribution < 1.29 is 0 Å². The zero-order chi connectivity index (χ0) is 24.2. The molecular weight excluding hydrogens is 457 g/mol. The van der Waals surface area contributed by atoms with Gasteiger partial charge in [0.15, 0.2) is 0 Å². The molecule has 0 bridgehead atoms. The number of rotatable bonds is 10. The van der Waals surface area contributed by atoms with E-state index in [1.165, 1.54) is 47.9 Å². The van der Waals surface area contributed by atoms with E-state index in [1.54, 1.807) is 0 Å². The summed E-state index contributed by atoms with van der Waals surface area (Å²) >= 11 is 14.6. The Morgan fingerprint density at radius 1 is 0.735 bits per heavy atom. The van der Waals surface area contributed by atoms with Crippen LogP contribution in [-0.2, 0) is 22.6 Å². The lowest BCUT2D eigenvalue weighted by Gasteiger charge is -2.35. The minimum Gasteiger partial charge on any atom is -0.298 e. The summed E-state index contributed by atoms with van der Waals surface area (Å²) in [4.78, 5) is 2.27. The second kappa shape index (κ2) is 11.4. The summed E-state index contributed by atoms with van der Waals surface area (Å²) in [5.74, 6) is 0. The monoisotopic (exact) mass is 499 g/mol. The second-order valence-corrected chi connectivity index (χ2v) is 12.6. The van der Waals surface area contributed by atoms with Crippen molar-refractivity contribution in [1.29, 1.82) is 0 Å². The molecule has 34 heavy (non-hydrogen) atoms. The highest BCUT2D eigenvalue weighted by atomic mass is 35.5. The van der Waals surface area contributed by atoms with E-state index in [4.69, 9.17) is 23.2 Å². The molecule has 2 saturated carbocycles. The third-order valence-electron chi connectivity index (χ3n) is 8.48. The Bertz CT molecular complexity index is 870. The first-order valence-corrected chi connectivity index (χ1v) is 14.4. The zero-order valence-electron chi connectivity index (χ0n) is 21.5. The normalized spacial score (nSPS) is 20.3. The van der Waals surface area contributed by atoms with Crippen molar-refractivity contribution in [3.05, 3.63) is 70.8 Å². The van der Waals surface area contributed by atoms with Crippen molar-refractivity contribution in [3.63, 3.8) is 0 Å². The molecule has 0 aromatic heterocycles. The molecule has 2 aromatic carbocycles. The van der Waals surface area contributed by atoms with Crippen LogP contribution in [0.1, 0.15) is 101 Å². The molecule has 186 valence electrons. The third kappa shape index (κ3) is 5.85. The van der Waals surface area contributed by atoms with Gasteiger partial charge in [0.05, 0.1) is 9.75 Å². The van der Waals surface area contributed by atoms with Crippen LogP contribution in [0.25, 0.3) is 0 Å². The first-order valence-electron chi connectivity index (χ1n) is 13.6. The van der Waals surface area contributed by atoms with Crippen molar-refractivity contribution in [3.8, 4) is 0 Å². The largest absolute Gasteiger partial charge is 0.298 e. The van der Waals surface area contributed by atoms with E-state index < -0.39 is 0 Å². The van der Waals surface area contributed by atoms with Crippen molar-refractivity contribution in [2.45, 2.75) is 113 Å². The van der Waals surface area contributed by atoms with Gasteiger partial charge in [-0.05, 0) is 88.0 Å². The lowest BCUT2D eigenvalue weighted by Crippen LogP contribution is -2.40. The fraction of sp³-hybridized carbons (Fsp3) is 0.613. The molecule has 0 aliphatic heterocycles. The highest BCUT2D eigenvalue weighted by Crippen LogP contribution is 2.51. The van der Waals surface area contributed by atoms with Gasteiger partial charge in [0.1, 0.15) is 0 Å². The quantitative estimate of drug-likeness (QED) is 0.294. The van der Waals surface area contributed by atoms with Crippen molar-refractivity contribution in [2.75, 3.05) is 6.54 Å². The molecule has 0 amide bonds. The van der Waals surface area contributed by atoms with Gasteiger partial charge in [-0.3, -0.25) is 4.90 Å². The van der Waals surface area contributed by atoms with Crippen LogP contribution in [0.15, 0.2) is 48.5 Å². The SMILES string of the molecule is CC(C)N(CCc1ccccc1)C(C)CCc1c(C2(Cl)CCCC2)cccc1C1(Cl)CCCC1. The Morgan fingerprint density at radius 2 is 1.26 bits per heavy atom. The molecule has 2 aliphatic rings. The average molecular weight is 501 g/mol. The smallest absolute Gasteiger partial charge is 0.0697 e. The molecule has 2 aliphatic carbocycles. The number of alkyl halides is 2. The molecule has 0 heterocycles. The Balaban J connectivity index is 1.55. The van der Waals surface area contributed by atoms with E-state index in [-0.39, 0.29) is 9.75 Å². The van der Waals surface area contributed by atoms with E-state index in [0.717, 1.165) is 51.5 Å². The minimum absolute atomic E-state index is 0.203. The van der Waals surface area contributed by atoms with Gasteiger partial charge >= 0.3 is 0 Å². The molecule has 1 nitrogen and oxygen atoms in total. The van der Waals surface area contributed by atoms with Crippen LogP contribution >= 0.6 is 23.2 Å². The third-order valence-corrected chi connectivity index (χ3v) is 9.64. The van der Waals surface area contributed by atoms with Gasteiger partial charge in [0, 0.05) is 18.6 Å². The van der Waals surface area contributed by atoms with Gasteiger partial charge in [-0.25, -0.2) is 0 Å². The van der Waals surface area contributed by atoms with Gasteiger partial charge in [-0.1, -0.05) is 74.2 Å². The average Bonchev–Trinajstić information content (AvgIpc) is 3.48. The van der Waals surface area contributed by atoms with Crippen LogP contribution in [0.2, 0.25) is 0 Å². The molecule has 1 atom stereocenters. The van der Waals surface area contributed by atoms with Crippen molar-refractivity contribution in [2.24, 2.45) is 0 Å². The lowest BCUT2D eigenvalue weighted by atomic mass is 9.82. The molecule has 0 radical (unpaired) electrons. The highest BCUT2D eigenvalue weighted by Gasteiger charge is 2.40. The molecule has 0 spiro atoms. The van der Waals surface area contributed by atoms with Crippen LogP contribution in [0.4, 0.5) is 0 Å². The predicted molar refractivity (Wildman–Crippen MR) is 148 cm³/mol. The summed E-state index contributed by atoms with van der Waals surface area (Å²) in [6.45, 7) is 8.17. The minimum atomic E-state index is -0.203. The molecule has 4 rings (SSSR count). The summed E-state index contributed by atoms with van der Waals surface area (Å²) < 4.78 is 0. The first-order chi connectivity index (χ1) is 16.3. The summed E-state index contributed by atoms with van der Waals surface area (Å²) in [7, 11) is 0. The molecule has 1 unspecified atom stereocenters. The predicted octanol–water partition coefficient (Wildman–Crippen LogP) is 8.98. The van der Waals surface area contributed by atoms with E-state index in [1.807, 2.05) is 0 Å². The van der Waals surface area contributed by atoms with Crippen molar-refractivity contribution in [1.82, 2.24) is 4.90 Å². The number of hydrogen-bond donors (Lipinski definition) is 0. The summed E-state index contributed by atoms with van der Waals surface area (Å²) in [6, 6.07) is 18.8. The number of benzene rings is 2. The molecule has 2 aromatic rings. The molecular formula is C31H43Cl2N. The van der Waals surface area contributed by atoms with Crippen LogP contribution in [0, 0.1) is 0 Å². The van der Waals surface area contributed by atoms with Gasteiger partial charge < -0.3 is 0 Å². The maximum atomic E-state index is 7.32. The maximum absolute atomic E-state index is 7.32. The van der Waals surface area contributed by atoms with Crippen LogP contribution in [0.3, 0.4) is 0 Å². The first kappa shape index (κ1) is 26.1. The molecule has 0 saturated heterocycles. The second-order valence-electron chi connectivity index (χ2n) is 11.1. The fourth-order valence-electron chi connectivity index (χ4n) is 6.51. The topological polar surface area (TPSA) is 3.24 Å². The Labute approximate surface area is 218 Å². The van der Waals surface area contributed by atoms with E-state index in [0.29, 0.717) is 12.1 Å². The van der Waals surface area contributed by atoms with Gasteiger partial charge in [-0.15, -0.1) is 23.2 Å². The number of hydrogen-bond acceptors (Lipinski definition) is 1. The number of nitrogens with zero attached hydrogens (tertiary/aromatic N) is 1. The van der Waals surface area contributed by atoms with Gasteiger partial charge in [-0.2, -0.15) is 0 Å². The highest BCUT2D eigenvalue weighted by molar-refractivity contribution is 6.25. The number of halogens is 2. The van der Waals surface area contributed by atoms with E-state index in [9.17, 15) is 0 Å². The summed E-state index contributed by atoms with van der Waals surface area (Å²) in [5, 5.41) is 0. The van der Waals surface area contributed by atoms with Crippen LogP contribution in [0.5, 0.6) is 0 Å². The van der Waals surface area contributed by atoms with E-state index >= 15 is 0 Å². The van der Waals surface area contributed by atoms with Crippen LogP contribution < -0.4 is 0 Å². The Hall–Kier alpha value is -1.02. The zero-order valence-corrected chi connectivity index (χ0v) is 23.0. The molecule has 3 heteroatoms. The maximum Gasteiger partial charge on any atom is 0.0697 e. The fourth-order valence-corrected chi connectivity index (χ4v) is 7.40. The Morgan fingerprint density at radius 3 is 1.76 bits per heavy atom. The standard InChI is InChI=1S/C31H43Cl2N/c1-24(2)34(23-18-26-12-5-4-6-13-26)25(3)16-17-27-28(30(32)19-7-8-20-30)14-11-15-29(27)31(33)21-9-10-22-31/h4-6,11-15,24-25H,7-10,16-23H2,1-3H3. The molecule has 0 N–H and O–H groups in total. The summed E-state index contributed by atoms with van der Waals surface area (Å²) in [5.41, 5.74) is 5.64.